The van der Waals surface area contributed by atoms with Crippen LogP contribution in [0.25, 0.3) is 103 Å². The third kappa shape index (κ3) is 4.48. The van der Waals surface area contributed by atoms with Gasteiger partial charge in [-0.15, -0.1) is 11.3 Å². The summed E-state index contributed by atoms with van der Waals surface area (Å²) >= 11 is 1.87. The molecule has 0 radical (unpaired) electrons. The second kappa shape index (κ2) is 11.5. The summed E-state index contributed by atoms with van der Waals surface area (Å²) in [7, 11) is 0. The molecule has 2 aromatic heterocycles. The number of aromatic nitrogens is 1. The van der Waals surface area contributed by atoms with Crippen LogP contribution in [0.2, 0.25) is 0 Å². The van der Waals surface area contributed by atoms with Gasteiger partial charge in [0, 0.05) is 30.9 Å². The first kappa shape index (κ1) is 29.3. The van der Waals surface area contributed by atoms with E-state index in [1.54, 1.807) is 0 Å². The van der Waals surface area contributed by atoms with Crippen molar-refractivity contribution in [3.63, 3.8) is 0 Å². The van der Waals surface area contributed by atoms with Gasteiger partial charge in [0.25, 0.3) is 0 Å². The molecule has 0 spiro atoms. The van der Waals surface area contributed by atoms with Crippen LogP contribution in [0.15, 0.2) is 188 Å². The first-order valence-corrected chi connectivity index (χ1v) is 18.7. The second-order valence-electron chi connectivity index (χ2n) is 13.7. The lowest BCUT2D eigenvalue weighted by Gasteiger charge is -2.14. The molecule has 0 amide bonds. The summed E-state index contributed by atoms with van der Waals surface area (Å²) < 4.78 is 5.11. The molecule has 0 aliphatic heterocycles. The fourth-order valence-corrected chi connectivity index (χ4v) is 9.50. The van der Waals surface area contributed by atoms with Crippen molar-refractivity contribution in [1.29, 1.82) is 0 Å². The first-order chi connectivity index (χ1) is 25.8. The van der Waals surface area contributed by atoms with Gasteiger partial charge >= 0.3 is 0 Å². The van der Waals surface area contributed by atoms with Crippen molar-refractivity contribution in [3.8, 4) is 39.1 Å². The van der Waals surface area contributed by atoms with Gasteiger partial charge in [0.1, 0.15) is 0 Å². The zero-order valence-corrected chi connectivity index (χ0v) is 29.1. The van der Waals surface area contributed by atoms with Gasteiger partial charge in [-0.05, 0) is 110 Å². The van der Waals surface area contributed by atoms with Gasteiger partial charge < -0.3 is 4.57 Å². The number of nitrogens with zero attached hydrogens (tertiary/aromatic N) is 1. The number of benzene rings is 9. The highest BCUT2D eigenvalue weighted by molar-refractivity contribution is 7.25. The van der Waals surface area contributed by atoms with Crippen molar-refractivity contribution in [2.75, 3.05) is 0 Å². The molecular formula is C50H31NS. The lowest BCUT2D eigenvalue weighted by molar-refractivity contribution is 1.20. The summed E-state index contributed by atoms with van der Waals surface area (Å²) in [5.41, 5.74) is 11.1. The van der Waals surface area contributed by atoms with Gasteiger partial charge in [-0.2, -0.15) is 0 Å². The van der Waals surface area contributed by atoms with Gasteiger partial charge in [-0.25, -0.2) is 0 Å². The van der Waals surface area contributed by atoms with Crippen molar-refractivity contribution in [2.24, 2.45) is 0 Å². The van der Waals surface area contributed by atoms with Gasteiger partial charge in [-0.1, -0.05) is 133 Å². The topological polar surface area (TPSA) is 4.93 Å². The maximum atomic E-state index is 2.47. The van der Waals surface area contributed by atoms with Crippen LogP contribution in [0.5, 0.6) is 0 Å². The molecule has 0 unspecified atom stereocenters. The van der Waals surface area contributed by atoms with E-state index in [9.17, 15) is 0 Å². The molecule has 9 aromatic carbocycles. The van der Waals surface area contributed by atoms with Crippen molar-refractivity contribution < 1.29 is 0 Å². The fourth-order valence-electron chi connectivity index (χ4n) is 8.37. The van der Waals surface area contributed by atoms with Crippen LogP contribution in [0, 0.1) is 0 Å². The Labute approximate surface area is 305 Å². The molecule has 1 nitrogen and oxygen atoms in total. The number of hydrogen-bond donors (Lipinski definition) is 0. The van der Waals surface area contributed by atoms with E-state index < -0.39 is 0 Å². The number of para-hydroxylation sites is 1. The Kier molecular flexibility index (Phi) is 6.49. The van der Waals surface area contributed by atoms with E-state index in [1.807, 2.05) is 11.3 Å². The molecule has 0 fully saturated rings. The highest BCUT2D eigenvalue weighted by atomic mass is 32.1. The predicted octanol–water partition coefficient (Wildman–Crippen LogP) is 14.5. The third-order valence-corrected chi connectivity index (χ3v) is 11.9. The smallest absolute Gasteiger partial charge is 0.0555 e. The molecule has 242 valence electrons. The summed E-state index contributed by atoms with van der Waals surface area (Å²) in [5.74, 6) is 0. The van der Waals surface area contributed by atoms with Gasteiger partial charge in [0.05, 0.1) is 16.7 Å². The van der Waals surface area contributed by atoms with Crippen LogP contribution in [0.1, 0.15) is 0 Å². The summed E-state index contributed by atoms with van der Waals surface area (Å²) in [4.78, 5) is 0. The molecule has 0 N–H and O–H groups in total. The van der Waals surface area contributed by atoms with Crippen LogP contribution < -0.4 is 0 Å². The van der Waals surface area contributed by atoms with Crippen molar-refractivity contribution >= 4 is 74.9 Å². The molecular weight excluding hydrogens is 647 g/mol. The quantitative estimate of drug-likeness (QED) is 0.163. The summed E-state index contributed by atoms with van der Waals surface area (Å²) in [6.45, 7) is 0. The average molecular weight is 678 g/mol. The molecule has 0 aliphatic carbocycles. The first-order valence-electron chi connectivity index (χ1n) is 17.8. The van der Waals surface area contributed by atoms with Crippen LogP contribution in [0.4, 0.5) is 0 Å². The molecule has 0 atom stereocenters. The highest BCUT2D eigenvalue weighted by Crippen LogP contribution is 2.43. The van der Waals surface area contributed by atoms with E-state index in [0.29, 0.717) is 0 Å². The minimum Gasteiger partial charge on any atom is -0.309 e. The van der Waals surface area contributed by atoms with Crippen molar-refractivity contribution in [3.05, 3.63) is 188 Å². The van der Waals surface area contributed by atoms with E-state index >= 15 is 0 Å². The Morgan fingerprint density at radius 2 is 0.962 bits per heavy atom. The van der Waals surface area contributed by atoms with E-state index in [4.69, 9.17) is 0 Å². The summed E-state index contributed by atoms with van der Waals surface area (Å²) in [6.07, 6.45) is 0. The van der Waals surface area contributed by atoms with Crippen LogP contribution >= 0.6 is 11.3 Å². The van der Waals surface area contributed by atoms with Crippen molar-refractivity contribution in [2.45, 2.75) is 0 Å². The molecule has 2 heterocycles. The Bertz CT molecular complexity index is 3180. The minimum absolute atomic E-state index is 1.22. The number of fused-ring (bicyclic) bond motifs is 9. The van der Waals surface area contributed by atoms with E-state index in [0.717, 1.165) is 0 Å². The molecule has 0 saturated carbocycles. The number of thiophene rings is 1. The Hall–Kier alpha value is -6.48. The minimum atomic E-state index is 1.22. The fraction of sp³-hybridized carbons (Fsp3) is 0. The van der Waals surface area contributed by atoms with E-state index in [-0.39, 0.29) is 0 Å². The molecule has 11 aromatic rings. The predicted molar refractivity (Wildman–Crippen MR) is 225 cm³/mol. The maximum Gasteiger partial charge on any atom is 0.0555 e. The van der Waals surface area contributed by atoms with Crippen LogP contribution in [0.3, 0.4) is 0 Å². The maximum absolute atomic E-state index is 2.47. The normalized spacial score (nSPS) is 11.8. The lowest BCUT2D eigenvalue weighted by atomic mass is 9.90. The summed E-state index contributed by atoms with van der Waals surface area (Å²) in [6, 6.07) is 69.2. The zero-order valence-electron chi connectivity index (χ0n) is 28.3. The van der Waals surface area contributed by atoms with Gasteiger partial charge in [0.15, 0.2) is 0 Å². The molecule has 0 bridgehead atoms. The van der Waals surface area contributed by atoms with Crippen LogP contribution in [-0.4, -0.2) is 4.57 Å². The van der Waals surface area contributed by atoms with E-state index in [1.165, 1.54) is 103 Å². The SMILES string of the molecule is c1ccc(-c2cccc(-c3cc4ccccc4c4cc(-c5ccc6c(c5)c5ccccc5n6-c5cccc6sc7ccccc7c56)ccc34)c2)cc1. The van der Waals surface area contributed by atoms with Gasteiger partial charge in [0.2, 0.25) is 0 Å². The Balaban J connectivity index is 1.11. The molecule has 2 heteroatoms. The van der Waals surface area contributed by atoms with Crippen LogP contribution in [-0.2, 0) is 0 Å². The Morgan fingerprint density at radius 1 is 0.327 bits per heavy atom. The van der Waals surface area contributed by atoms with E-state index in [2.05, 4.69) is 193 Å². The van der Waals surface area contributed by atoms with Crippen molar-refractivity contribution in [1.82, 2.24) is 4.57 Å². The molecule has 0 aliphatic rings. The highest BCUT2D eigenvalue weighted by Gasteiger charge is 2.18. The lowest BCUT2D eigenvalue weighted by Crippen LogP contribution is -1.94. The van der Waals surface area contributed by atoms with Gasteiger partial charge in [-0.3, -0.25) is 0 Å². The number of hydrogen-bond acceptors (Lipinski definition) is 1. The Morgan fingerprint density at radius 3 is 1.87 bits per heavy atom. The molecule has 11 rings (SSSR count). The average Bonchev–Trinajstić information content (AvgIpc) is 3.76. The monoisotopic (exact) mass is 677 g/mol. The zero-order chi connectivity index (χ0) is 34.2. The number of rotatable bonds is 4. The third-order valence-electron chi connectivity index (χ3n) is 10.8. The molecule has 0 saturated heterocycles. The molecule has 52 heavy (non-hydrogen) atoms. The standard InChI is InChI=1S/C50H31NS/c1-2-12-32(13-3-1)33-15-10-16-36(28-33)42-31-37-14-4-5-17-38(37)43-29-34(24-26-39(42)43)35-25-27-46-44(30-35)40-18-6-8-20-45(40)51(46)47-21-11-23-49-50(47)41-19-7-9-22-48(41)52-49/h1-31H. The second-order valence-corrected chi connectivity index (χ2v) is 14.8. The summed E-state index contributed by atoms with van der Waals surface area (Å²) in [5, 5.41) is 10.2. The largest absolute Gasteiger partial charge is 0.309 e.